The van der Waals surface area contributed by atoms with Gasteiger partial charge in [-0.25, -0.2) is 0 Å². The molecule has 79 valence electrons. The van der Waals surface area contributed by atoms with E-state index in [1.165, 1.54) is 6.42 Å². The maximum atomic E-state index is 10.8. The van der Waals surface area contributed by atoms with Crippen molar-refractivity contribution in [1.82, 2.24) is 0 Å². The summed E-state index contributed by atoms with van der Waals surface area (Å²) in [6.07, 6.45) is 6.77. The van der Waals surface area contributed by atoms with Crippen LogP contribution < -0.4 is 5.11 Å². The third kappa shape index (κ3) is 7.52. The van der Waals surface area contributed by atoms with Gasteiger partial charge in [0.2, 0.25) is 0 Å². The molecule has 0 heterocycles. The van der Waals surface area contributed by atoms with Gasteiger partial charge in [0.05, 0.1) is 6.10 Å². The van der Waals surface area contributed by atoms with Crippen molar-refractivity contribution in [2.75, 3.05) is 7.11 Å². The minimum absolute atomic E-state index is 0. The van der Waals surface area contributed by atoms with E-state index in [9.17, 15) is 5.11 Å². The van der Waals surface area contributed by atoms with Crippen molar-refractivity contribution in [3.63, 3.8) is 0 Å². The van der Waals surface area contributed by atoms with Crippen LogP contribution in [0.5, 0.6) is 0 Å². The summed E-state index contributed by atoms with van der Waals surface area (Å²) in [6, 6.07) is 0. The third-order valence-corrected chi connectivity index (χ3v) is 1.97. The Morgan fingerprint density at radius 2 is 2.21 bits per heavy atom. The quantitative estimate of drug-likeness (QED) is 0.702. The zero-order chi connectivity index (χ0) is 10.1. The van der Waals surface area contributed by atoms with Crippen LogP contribution in [-0.4, -0.2) is 13.2 Å². The molecule has 1 rings (SSSR count). The normalized spacial score (nSPS) is 19.9. The number of hydrogen-bond acceptors (Lipinski definition) is 2. The van der Waals surface area contributed by atoms with Gasteiger partial charge in [0.25, 0.3) is 0 Å². The maximum Gasteiger partial charge on any atom is 0.0679 e. The topological polar surface area (TPSA) is 32.3 Å². The van der Waals surface area contributed by atoms with Crippen LogP contribution in [0, 0.1) is 6.92 Å². The molecule has 1 atom stereocenters. The Hall–Kier alpha value is 0.123. The Kier molecular flexibility index (Phi) is 13.2. The average molecular weight is 250 g/mol. The molecule has 1 radical (unpaired) electrons. The Bertz CT molecular complexity index is 144. The maximum absolute atomic E-state index is 10.8. The summed E-state index contributed by atoms with van der Waals surface area (Å²) < 4.78 is 4.92. The molecule has 0 fully saturated rings. The van der Waals surface area contributed by atoms with Crippen molar-refractivity contribution < 1.29 is 29.3 Å². The Balaban J connectivity index is 0. The molecular formula is C11H20O2Zn-. The largest absolute Gasteiger partial charge is 0.874 e. The van der Waals surface area contributed by atoms with Crippen molar-refractivity contribution in [1.29, 1.82) is 0 Å². The fourth-order valence-electron chi connectivity index (χ4n) is 1.06. The number of methoxy groups -OCH3 is 1. The SMILES string of the molecule is COC1CCCC=C1[O-].[CH2]CCC.[Zn]. The average Bonchev–Trinajstić information content (AvgIpc) is 2.19. The van der Waals surface area contributed by atoms with Crippen LogP contribution in [0.4, 0.5) is 0 Å². The summed E-state index contributed by atoms with van der Waals surface area (Å²) in [6.45, 7) is 5.72. The van der Waals surface area contributed by atoms with Gasteiger partial charge in [-0.3, -0.25) is 0 Å². The minimum Gasteiger partial charge on any atom is -0.874 e. The first-order valence-electron chi connectivity index (χ1n) is 4.95. The van der Waals surface area contributed by atoms with Gasteiger partial charge in [0.15, 0.2) is 0 Å². The summed E-state index contributed by atoms with van der Waals surface area (Å²) in [5.41, 5.74) is 0. The predicted molar refractivity (Wildman–Crippen MR) is 53.0 cm³/mol. The predicted octanol–water partition coefficient (Wildman–Crippen LogP) is 2.05. The van der Waals surface area contributed by atoms with E-state index in [1.54, 1.807) is 13.2 Å². The van der Waals surface area contributed by atoms with Gasteiger partial charge in [-0.1, -0.05) is 32.8 Å². The standard InChI is InChI=1S/C7H12O2.C4H9.Zn/c1-9-7-5-3-2-4-6(7)8;1-3-4-2;/h4,7-8H,2-3,5H2,1H3;1,3-4H2,2H3;/p-1. The van der Waals surface area contributed by atoms with Gasteiger partial charge in [-0.2, -0.15) is 0 Å². The zero-order valence-corrected chi connectivity index (χ0v) is 12.4. The first-order chi connectivity index (χ1) is 6.26. The number of allylic oxidation sites excluding steroid dienone is 1. The molecule has 0 bridgehead atoms. The fourth-order valence-corrected chi connectivity index (χ4v) is 1.06. The second-order valence-corrected chi connectivity index (χ2v) is 3.12. The molecule has 1 aliphatic carbocycles. The van der Waals surface area contributed by atoms with Gasteiger partial charge in [0.1, 0.15) is 0 Å². The van der Waals surface area contributed by atoms with E-state index in [0.29, 0.717) is 0 Å². The van der Waals surface area contributed by atoms with Crippen LogP contribution in [0.2, 0.25) is 0 Å². The second-order valence-electron chi connectivity index (χ2n) is 3.12. The molecule has 0 aromatic carbocycles. The summed E-state index contributed by atoms with van der Waals surface area (Å²) in [5.74, 6) is 0.156. The molecule has 0 aromatic rings. The third-order valence-electron chi connectivity index (χ3n) is 1.97. The molecule has 0 aliphatic heterocycles. The Morgan fingerprint density at radius 3 is 2.50 bits per heavy atom. The second kappa shape index (κ2) is 11.2. The van der Waals surface area contributed by atoms with Gasteiger partial charge in [-0.05, 0) is 19.3 Å². The molecule has 0 spiro atoms. The van der Waals surface area contributed by atoms with E-state index in [0.717, 1.165) is 25.7 Å². The molecule has 14 heavy (non-hydrogen) atoms. The van der Waals surface area contributed by atoms with Crippen LogP contribution in [-0.2, 0) is 24.2 Å². The summed E-state index contributed by atoms with van der Waals surface area (Å²) in [4.78, 5) is 0. The van der Waals surface area contributed by atoms with Crippen LogP contribution in [0.1, 0.15) is 39.0 Å². The van der Waals surface area contributed by atoms with E-state index in [2.05, 4.69) is 13.8 Å². The summed E-state index contributed by atoms with van der Waals surface area (Å²) >= 11 is 0. The molecular weight excluding hydrogens is 230 g/mol. The molecule has 0 amide bonds. The fraction of sp³-hybridized carbons (Fsp3) is 0.727. The van der Waals surface area contributed by atoms with Gasteiger partial charge >= 0.3 is 0 Å². The molecule has 2 nitrogen and oxygen atoms in total. The first kappa shape index (κ1) is 16.5. The van der Waals surface area contributed by atoms with E-state index in [-0.39, 0.29) is 31.3 Å². The van der Waals surface area contributed by atoms with Gasteiger partial charge in [0, 0.05) is 26.6 Å². The van der Waals surface area contributed by atoms with Crippen LogP contribution in [0.25, 0.3) is 0 Å². The zero-order valence-electron chi connectivity index (χ0n) is 9.42. The molecule has 1 unspecified atom stereocenters. The number of unbranched alkanes of at least 4 members (excludes halogenated alkanes) is 1. The van der Waals surface area contributed by atoms with Gasteiger partial charge in [-0.15, -0.1) is 5.76 Å². The van der Waals surface area contributed by atoms with E-state index < -0.39 is 0 Å². The van der Waals surface area contributed by atoms with E-state index in [4.69, 9.17) is 4.74 Å². The van der Waals surface area contributed by atoms with Crippen molar-refractivity contribution in [3.8, 4) is 0 Å². The number of hydrogen-bond donors (Lipinski definition) is 0. The molecule has 0 N–H and O–H groups in total. The van der Waals surface area contributed by atoms with Crippen molar-refractivity contribution in [3.05, 3.63) is 18.8 Å². The molecule has 0 aromatic heterocycles. The molecule has 3 heteroatoms. The molecule has 0 saturated carbocycles. The van der Waals surface area contributed by atoms with Crippen molar-refractivity contribution in [2.45, 2.75) is 45.1 Å². The first-order valence-corrected chi connectivity index (χ1v) is 4.95. The monoisotopic (exact) mass is 248 g/mol. The van der Waals surface area contributed by atoms with Gasteiger partial charge < -0.3 is 9.84 Å². The number of ether oxygens (including phenoxy) is 1. The molecule has 1 aliphatic rings. The van der Waals surface area contributed by atoms with Crippen LogP contribution in [0.15, 0.2) is 11.8 Å². The summed E-state index contributed by atoms with van der Waals surface area (Å²) in [5, 5.41) is 10.8. The Morgan fingerprint density at radius 1 is 1.64 bits per heavy atom. The van der Waals surface area contributed by atoms with Crippen molar-refractivity contribution >= 4 is 0 Å². The van der Waals surface area contributed by atoms with Crippen LogP contribution >= 0.6 is 0 Å². The van der Waals surface area contributed by atoms with E-state index in [1.807, 2.05) is 0 Å². The smallest absolute Gasteiger partial charge is 0.0679 e. The minimum atomic E-state index is -0.140. The van der Waals surface area contributed by atoms with E-state index >= 15 is 0 Å². The van der Waals surface area contributed by atoms with Crippen molar-refractivity contribution in [2.24, 2.45) is 0 Å². The Labute approximate surface area is 100 Å². The molecule has 0 saturated heterocycles. The van der Waals surface area contributed by atoms with Crippen LogP contribution in [0.3, 0.4) is 0 Å². The summed E-state index contributed by atoms with van der Waals surface area (Å²) in [7, 11) is 1.59. The number of rotatable bonds is 2.